The molecule has 1 fully saturated rings. The minimum absolute atomic E-state index is 0.187. The van der Waals surface area contributed by atoms with Crippen molar-refractivity contribution in [2.24, 2.45) is 0 Å². The average molecular weight is 299 g/mol. The summed E-state index contributed by atoms with van der Waals surface area (Å²) in [5, 5.41) is 6.19. The quantitative estimate of drug-likeness (QED) is 0.828. The molecular weight excluding hydrogens is 282 g/mol. The molecule has 21 heavy (non-hydrogen) atoms. The molecule has 1 aliphatic carbocycles. The van der Waals surface area contributed by atoms with Crippen LogP contribution in [0.4, 0.5) is 11.5 Å². The van der Waals surface area contributed by atoms with Crippen molar-refractivity contribution in [1.82, 2.24) is 4.98 Å². The van der Waals surface area contributed by atoms with Crippen molar-refractivity contribution >= 4 is 29.2 Å². The van der Waals surface area contributed by atoms with Crippen LogP contribution in [0.15, 0.2) is 47.4 Å². The standard InChI is InChI=1S/C16H17N3OS/c1-21-13-5-2-4-12(10-13)18-16(20)14-6-3-7-15(19-14)17-11-8-9-11/h2-7,10-11H,8-9H2,1H3,(H,17,19)(H,18,20). The van der Waals surface area contributed by atoms with E-state index in [9.17, 15) is 4.79 Å². The Bertz CT molecular complexity index is 655. The second-order valence-corrected chi connectivity index (χ2v) is 5.89. The molecule has 0 spiro atoms. The Morgan fingerprint density at radius 1 is 1.24 bits per heavy atom. The predicted molar refractivity (Wildman–Crippen MR) is 87.1 cm³/mol. The Hall–Kier alpha value is -2.01. The van der Waals surface area contributed by atoms with Crippen LogP contribution in [0.1, 0.15) is 23.3 Å². The van der Waals surface area contributed by atoms with Crippen LogP contribution in [0.3, 0.4) is 0 Å². The van der Waals surface area contributed by atoms with Gasteiger partial charge in [-0.25, -0.2) is 4.98 Å². The minimum atomic E-state index is -0.187. The van der Waals surface area contributed by atoms with Crippen LogP contribution < -0.4 is 10.6 Å². The predicted octanol–water partition coefficient (Wildman–Crippen LogP) is 3.63. The van der Waals surface area contributed by atoms with E-state index in [4.69, 9.17) is 0 Å². The lowest BCUT2D eigenvalue weighted by Crippen LogP contribution is -2.15. The first-order valence-corrected chi connectivity index (χ1v) is 8.16. The van der Waals surface area contributed by atoms with Crippen LogP contribution in [-0.4, -0.2) is 23.2 Å². The molecule has 1 aliphatic rings. The number of benzene rings is 1. The van der Waals surface area contributed by atoms with E-state index in [1.165, 1.54) is 12.8 Å². The molecule has 3 rings (SSSR count). The van der Waals surface area contributed by atoms with Crippen molar-refractivity contribution in [3.63, 3.8) is 0 Å². The number of carbonyl (C=O) groups excluding carboxylic acids is 1. The number of nitrogens with one attached hydrogen (secondary N) is 2. The summed E-state index contributed by atoms with van der Waals surface area (Å²) in [5.41, 5.74) is 1.21. The van der Waals surface area contributed by atoms with Gasteiger partial charge in [-0.3, -0.25) is 4.79 Å². The van der Waals surface area contributed by atoms with Crippen molar-refractivity contribution in [1.29, 1.82) is 0 Å². The lowest BCUT2D eigenvalue weighted by Gasteiger charge is -2.08. The maximum Gasteiger partial charge on any atom is 0.274 e. The summed E-state index contributed by atoms with van der Waals surface area (Å²) in [4.78, 5) is 17.7. The summed E-state index contributed by atoms with van der Waals surface area (Å²) < 4.78 is 0. The second-order valence-electron chi connectivity index (χ2n) is 5.01. The van der Waals surface area contributed by atoms with Crippen LogP contribution in [0.2, 0.25) is 0 Å². The van der Waals surface area contributed by atoms with E-state index in [1.807, 2.05) is 42.7 Å². The third-order valence-electron chi connectivity index (χ3n) is 3.24. The number of thioether (sulfide) groups is 1. The number of rotatable bonds is 5. The molecule has 1 saturated carbocycles. The fourth-order valence-corrected chi connectivity index (χ4v) is 2.43. The monoisotopic (exact) mass is 299 g/mol. The van der Waals surface area contributed by atoms with Crippen LogP contribution >= 0.6 is 11.8 Å². The number of aromatic nitrogens is 1. The number of nitrogens with zero attached hydrogens (tertiary/aromatic N) is 1. The largest absolute Gasteiger partial charge is 0.367 e. The highest BCUT2D eigenvalue weighted by molar-refractivity contribution is 7.98. The Kier molecular flexibility index (Phi) is 4.10. The Morgan fingerprint density at radius 3 is 2.81 bits per heavy atom. The number of hydrogen-bond donors (Lipinski definition) is 2. The van der Waals surface area contributed by atoms with Crippen LogP contribution in [0, 0.1) is 0 Å². The zero-order valence-corrected chi connectivity index (χ0v) is 12.6. The summed E-state index contributed by atoms with van der Waals surface area (Å²) in [6.07, 6.45) is 4.37. The van der Waals surface area contributed by atoms with Gasteiger partial charge in [0.05, 0.1) is 0 Å². The van der Waals surface area contributed by atoms with Gasteiger partial charge in [-0.1, -0.05) is 12.1 Å². The van der Waals surface area contributed by atoms with Crippen LogP contribution in [0.25, 0.3) is 0 Å². The maximum absolute atomic E-state index is 12.3. The van der Waals surface area contributed by atoms with Gasteiger partial charge in [0.1, 0.15) is 11.5 Å². The van der Waals surface area contributed by atoms with Gasteiger partial charge >= 0.3 is 0 Å². The molecule has 1 amide bonds. The van der Waals surface area contributed by atoms with Crippen molar-refractivity contribution in [3.05, 3.63) is 48.2 Å². The van der Waals surface area contributed by atoms with E-state index >= 15 is 0 Å². The maximum atomic E-state index is 12.3. The molecule has 1 aromatic heterocycles. The van der Waals surface area contributed by atoms with Gasteiger partial charge in [-0.2, -0.15) is 0 Å². The molecule has 2 aromatic rings. The third kappa shape index (κ3) is 3.76. The SMILES string of the molecule is CSc1cccc(NC(=O)c2cccc(NC3CC3)n2)c1. The number of carbonyl (C=O) groups is 1. The normalized spacial score (nSPS) is 13.8. The highest BCUT2D eigenvalue weighted by Gasteiger charge is 2.21. The molecule has 0 bridgehead atoms. The Labute approximate surface area is 128 Å². The summed E-state index contributed by atoms with van der Waals surface area (Å²) in [6.45, 7) is 0. The van der Waals surface area contributed by atoms with E-state index in [2.05, 4.69) is 15.6 Å². The molecule has 2 N–H and O–H groups in total. The van der Waals surface area contributed by atoms with E-state index in [1.54, 1.807) is 17.8 Å². The van der Waals surface area contributed by atoms with E-state index in [-0.39, 0.29) is 5.91 Å². The molecule has 1 aromatic carbocycles. The molecule has 0 unspecified atom stereocenters. The van der Waals surface area contributed by atoms with E-state index in [0.717, 1.165) is 16.4 Å². The third-order valence-corrected chi connectivity index (χ3v) is 3.96. The summed E-state index contributed by atoms with van der Waals surface area (Å²) in [6, 6.07) is 13.8. The number of pyridine rings is 1. The van der Waals surface area contributed by atoms with Gasteiger partial charge in [0.15, 0.2) is 0 Å². The highest BCUT2D eigenvalue weighted by Crippen LogP contribution is 2.24. The number of hydrogen-bond acceptors (Lipinski definition) is 4. The van der Waals surface area contributed by atoms with E-state index in [0.29, 0.717) is 11.7 Å². The zero-order valence-electron chi connectivity index (χ0n) is 11.8. The van der Waals surface area contributed by atoms with Gasteiger partial charge in [-0.05, 0) is 49.4 Å². The van der Waals surface area contributed by atoms with Crippen molar-refractivity contribution < 1.29 is 4.79 Å². The first kappa shape index (κ1) is 13.9. The minimum Gasteiger partial charge on any atom is -0.367 e. The molecule has 0 saturated heterocycles. The van der Waals surface area contributed by atoms with Gasteiger partial charge in [0.2, 0.25) is 0 Å². The number of amides is 1. The van der Waals surface area contributed by atoms with Crippen molar-refractivity contribution in [3.8, 4) is 0 Å². The fraction of sp³-hybridized carbons (Fsp3) is 0.250. The summed E-state index contributed by atoms with van der Waals surface area (Å²) in [7, 11) is 0. The van der Waals surface area contributed by atoms with Gasteiger partial charge in [0, 0.05) is 16.6 Å². The molecule has 1 heterocycles. The molecule has 0 radical (unpaired) electrons. The Morgan fingerprint density at radius 2 is 2.05 bits per heavy atom. The smallest absolute Gasteiger partial charge is 0.274 e. The highest BCUT2D eigenvalue weighted by atomic mass is 32.2. The average Bonchev–Trinajstić information content (AvgIpc) is 3.31. The molecule has 0 atom stereocenters. The van der Waals surface area contributed by atoms with Crippen LogP contribution in [-0.2, 0) is 0 Å². The number of anilines is 2. The zero-order chi connectivity index (χ0) is 14.7. The van der Waals surface area contributed by atoms with Crippen LogP contribution in [0.5, 0.6) is 0 Å². The van der Waals surface area contributed by atoms with E-state index < -0.39 is 0 Å². The van der Waals surface area contributed by atoms with Crippen molar-refractivity contribution in [2.75, 3.05) is 16.9 Å². The first-order valence-electron chi connectivity index (χ1n) is 6.93. The summed E-state index contributed by atoms with van der Waals surface area (Å²) in [5.74, 6) is 0.579. The molecule has 108 valence electrons. The van der Waals surface area contributed by atoms with Gasteiger partial charge in [0.25, 0.3) is 5.91 Å². The van der Waals surface area contributed by atoms with Crippen molar-refractivity contribution in [2.45, 2.75) is 23.8 Å². The molecule has 4 nitrogen and oxygen atoms in total. The molecule has 0 aliphatic heterocycles. The second kappa shape index (κ2) is 6.18. The molecule has 5 heteroatoms. The summed E-state index contributed by atoms with van der Waals surface area (Å²) >= 11 is 1.65. The fourth-order valence-electron chi connectivity index (χ4n) is 1.97. The first-order chi connectivity index (χ1) is 10.2. The topological polar surface area (TPSA) is 54.0 Å². The molecular formula is C16H17N3OS. The van der Waals surface area contributed by atoms with Gasteiger partial charge < -0.3 is 10.6 Å². The lowest BCUT2D eigenvalue weighted by atomic mass is 10.3. The lowest BCUT2D eigenvalue weighted by molar-refractivity contribution is 0.102. The Balaban J connectivity index is 1.71. The van der Waals surface area contributed by atoms with Gasteiger partial charge in [-0.15, -0.1) is 11.8 Å².